The van der Waals surface area contributed by atoms with Crippen LogP contribution >= 0.6 is 0 Å². The molecule has 0 aliphatic heterocycles. The van der Waals surface area contributed by atoms with Gasteiger partial charge in [-0.25, -0.2) is 8.42 Å². The van der Waals surface area contributed by atoms with E-state index < -0.39 is 15.7 Å². The topological polar surface area (TPSA) is 54.5 Å². The third-order valence-corrected chi connectivity index (χ3v) is 6.23. The normalized spacial score (nSPS) is 11.9. The van der Waals surface area contributed by atoms with Crippen LogP contribution in [-0.2, 0) is 14.6 Å². The van der Waals surface area contributed by atoms with Gasteiger partial charge in [-0.05, 0) is 36.8 Å². The molecule has 0 unspecified atom stereocenters. The third kappa shape index (κ3) is 4.21. The first-order valence-corrected chi connectivity index (χ1v) is 10.3. The molecule has 0 aromatic heterocycles. The molecule has 1 amide bonds. The van der Waals surface area contributed by atoms with Crippen molar-refractivity contribution in [2.75, 3.05) is 11.9 Å². The van der Waals surface area contributed by atoms with Crippen LogP contribution in [0.3, 0.4) is 0 Å². The van der Waals surface area contributed by atoms with E-state index in [1.165, 1.54) is 23.1 Å². The van der Waals surface area contributed by atoms with Crippen LogP contribution in [0.4, 0.5) is 5.69 Å². The Labute approximate surface area is 165 Å². The number of carbonyl (C=O) groups excluding carboxylic acids is 1. The van der Waals surface area contributed by atoms with Crippen LogP contribution in [0, 0.1) is 6.92 Å². The number of carbonyl (C=O) groups is 1. The predicted octanol–water partition coefficient (Wildman–Crippen LogP) is 4.47. The molecule has 0 N–H and O–H groups in total. The van der Waals surface area contributed by atoms with E-state index in [0.29, 0.717) is 11.3 Å². The van der Waals surface area contributed by atoms with Crippen LogP contribution < -0.4 is 4.90 Å². The minimum atomic E-state index is -3.86. The van der Waals surface area contributed by atoms with Crippen molar-refractivity contribution in [2.45, 2.75) is 11.8 Å². The highest BCUT2D eigenvalue weighted by molar-refractivity contribution is 8.00. The largest absolute Gasteiger partial charge is 0.312 e. The smallest absolute Gasteiger partial charge is 0.252 e. The number of likely N-dealkylation sites (N-methyl/N-ethyl adjacent to an activating group) is 1. The summed E-state index contributed by atoms with van der Waals surface area (Å²) in [5.41, 5.74) is 2.24. The summed E-state index contributed by atoms with van der Waals surface area (Å²) in [5, 5.41) is 0. The molecule has 3 rings (SSSR count). The van der Waals surface area contributed by atoms with Crippen molar-refractivity contribution in [1.82, 2.24) is 0 Å². The van der Waals surface area contributed by atoms with E-state index in [1.54, 1.807) is 55.6 Å². The fourth-order valence-electron chi connectivity index (χ4n) is 2.75. The van der Waals surface area contributed by atoms with Crippen molar-refractivity contribution in [3.63, 3.8) is 0 Å². The second-order valence-corrected chi connectivity index (χ2v) is 8.34. The van der Waals surface area contributed by atoms with Crippen LogP contribution in [0.15, 0.2) is 95.9 Å². The van der Waals surface area contributed by atoms with Crippen molar-refractivity contribution in [2.24, 2.45) is 0 Å². The van der Waals surface area contributed by atoms with Crippen LogP contribution in [0.1, 0.15) is 11.1 Å². The van der Waals surface area contributed by atoms with E-state index in [1.807, 2.05) is 31.2 Å². The first-order valence-electron chi connectivity index (χ1n) is 8.81. The lowest BCUT2D eigenvalue weighted by atomic mass is 10.2. The van der Waals surface area contributed by atoms with Crippen LogP contribution in [0.2, 0.25) is 0 Å². The number of hydrogen-bond donors (Lipinski definition) is 0. The van der Waals surface area contributed by atoms with Crippen LogP contribution in [0.5, 0.6) is 0 Å². The van der Waals surface area contributed by atoms with Gasteiger partial charge in [0.25, 0.3) is 5.91 Å². The highest BCUT2D eigenvalue weighted by Crippen LogP contribution is 2.28. The molecule has 0 aliphatic rings. The van der Waals surface area contributed by atoms with E-state index in [-0.39, 0.29) is 9.80 Å². The summed E-state index contributed by atoms with van der Waals surface area (Å²) in [6, 6.07) is 24.3. The van der Waals surface area contributed by atoms with Crippen molar-refractivity contribution >= 4 is 26.3 Å². The molecule has 0 radical (unpaired) electrons. The molecule has 0 atom stereocenters. The highest BCUT2D eigenvalue weighted by atomic mass is 32.2. The Kier molecular flexibility index (Phi) is 5.76. The van der Waals surface area contributed by atoms with Crippen molar-refractivity contribution in [3.05, 3.63) is 102 Å². The average molecular weight is 391 g/mol. The van der Waals surface area contributed by atoms with Gasteiger partial charge in [0.2, 0.25) is 9.84 Å². The minimum absolute atomic E-state index is 0.0248. The summed E-state index contributed by atoms with van der Waals surface area (Å²) < 4.78 is 26.5. The zero-order valence-electron chi connectivity index (χ0n) is 15.7. The Balaban J connectivity index is 2.07. The van der Waals surface area contributed by atoms with E-state index in [4.69, 9.17) is 0 Å². The van der Waals surface area contributed by atoms with Gasteiger partial charge in [-0.1, -0.05) is 66.2 Å². The average Bonchev–Trinajstić information content (AvgIpc) is 2.73. The lowest BCUT2D eigenvalue weighted by molar-refractivity contribution is -0.113. The monoisotopic (exact) mass is 391 g/mol. The Morgan fingerprint density at radius 1 is 0.821 bits per heavy atom. The number of sulfone groups is 1. The zero-order valence-corrected chi connectivity index (χ0v) is 16.6. The fourth-order valence-corrected chi connectivity index (χ4v) is 4.22. The molecular formula is C23H21NO3S. The molecule has 0 bridgehead atoms. The molecule has 3 aromatic rings. The molecular weight excluding hydrogens is 370 g/mol. The molecule has 0 heterocycles. The molecule has 0 fully saturated rings. The van der Waals surface area contributed by atoms with Gasteiger partial charge in [0.15, 0.2) is 0 Å². The lowest BCUT2D eigenvalue weighted by Gasteiger charge is -2.17. The molecule has 4 nitrogen and oxygen atoms in total. The summed E-state index contributed by atoms with van der Waals surface area (Å²) in [5.74, 6) is -0.415. The maximum atomic E-state index is 13.2. The van der Waals surface area contributed by atoms with Gasteiger partial charge in [-0.15, -0.1) is 0 Å². The molecule has 142 valence electrons. The number of nitrogens with zero attached hydrogens (tertiary/aromatic N) is 1. The molecule has 0 saturated carbocycles. The summed E-state index contributed by atoms with van der Waals surface area (Å²) in [4.78, 5) is 14.4. The van der Waals surface area contributed by atoms with Gasteiger partial charge >= 0.3 is 0 Å². The standard InChI is InChI=1S/C23H21NO3S/c1-18-13-15-20(16-14-18)24(2)23(25)17-22(19-9-5-3-6-10-19)28(26,27)21-11-7-4-8-12-21/h3-17H,1-2H3/b22-17+. The highest BCUT2D eigenvalue weighted by Gasteiger charge is 2.24. The Morgan fingerprint density at radius 3 is 1.93 bits per heavy atom. The lowest BCUT2D eigenvalue weighted by Crippen LogP contribution is -2.25. The molecule has 5 heteroatoms. The van der Waals surface area contributed by atoms with Crippen molar-refractivity contribution in [3.8, 4) is 0 Å². The maximum Gasteiger partial charge on any atom is 0.252 e. The Hall–Kier alpha value is -3.18. The van der Waals surface area contributed by atoms with E-state index in [9.17, 15) is 13.2 Å². The molecule has 28 heavy (non-hydrogen) atoms. The minimum Gasteiger partial charge on any atom is -0.312 e. The van der Waals surface area contributed by atoms with E-state index in [0.717, 1.165) is 5.56 Å². The summed E-state index contributed by atoms with van der Waals surface area (Å²) in [6.45, 7) is 1.96. The molecule has 0 spiro atoms. The first kappa shape index (κ1) is 19.6. The van der Waals surface area contributed by atoms with Gasteiger partial charge in [0.05, 0.1) is 9.80 Å². The molecule has 3 aromatic carbocycles. The number of rotatable bonds is 5. The van der Waals surface area contributed by atoms with Gasteiger partial charge in [0.1, 0.15) is 0 Å². The van der Waals surface area contributed by atoms with Crippen LogP contribution in [-0.4, -0.2) is 21.4 Å². The van der Waals surface area contributed by atoms with Gasteiger partial charge in [-0.3, -0.25) is 4.79 Å². The third-order valence-electron chi connectivity index (χ3n) is 4.41. The Morgan fingerprint density at radius 2 is 1.36 bits per heavy atom. The quantitative estimate of drug-likeness (QED) is 0.603. The van der Waals surface area contributed by atoms with Gasteiger partial charge in [0, 0.05) is 18.8 Å². The van der Waals surface area contributed by atoms with Crippen molar-refractivity contribution < 1.29 is 13.2 Å². The number of benzene rings is 3. The second kappa shape index (κ2) is 8.23. The fraction of sp³-hybridized carbons (Fsp3) is 0.0870. The van der Waals surface area contributed by atoms with E-state index in [2.05, 4.69) is 0 Å². The van der Waals surface area contributed by atoms with Gasteiger partial charge < -0.3 is 4.90 Å². The predicted molar refractivity (Wildman–Crippen MR) is 113 cm³/mol. The second-order valence-electron chi connectivity index (χ2n) is 6.42. The number of anilines is 1. The summed E-state index contributed by atoms with van der Waals surface area (Å²) in [7, 11) is -2.23. The summed E-state index contributed by atoms with van der Waals surface area (Å²) in [6.07, 6.45) is 1.19. The number of amides is 1. The van der Waals surface area contributed by atoms with Crippen molar-refractivity contribution in [1.29, 1.82) is 0 Å². The summed E-state index contributed by atoms with van der Waals surface area (Å²) >= 11 is 0. The van der Waals surface area contributed by atoms with Gasteiger partial charge in [-0.2, -0.15) is 0 Å². The maximum absolute atomic E-state index is 13.2. The van der Waals surface area contributed by atoms with E-state index >= 15 is 0 Å². The molecule has 0 aliphatic carbocycles. The van der Waals surface area contributed by atoms with Crippen LogP contribution in [0.25, 0.3) is 4.91 Å². The first-order chi connectivity index (χ1) is 13.4. The molecule has 0 saturated heterocycles. The SMILES string of the molecule is Cc1ccc(N(C)C(=O)/C=C(\c2ccccc2)S(=O)(=O)c2ccccc2)cc1. The number of hydrogen-bond acceptors (Lipinski definition) is 3. The zero-order chi connectivity index (χ0) is 20.1. The Bertz CT molecular complexity index is 1090. The number of aryl methyl sites for hydroxylation is 1.